The Balaban J connectivity index is 1.04. The number of carbonyl (C=O) groups excluding carboxylic acids is 7. The lowest BCUT2D eigenvalue weighted by atomic mass is 9.50. The molecule has 3 heterocycles. The lowest BCUT2D eigenvalue weighted by Crippen LogP contribution is -2.63. The average Bonchev–Trinajstić information content (AvgIpc) is 2.06. The van der Waals surface area contributed by atoms with Gasteiger partial charge in [0, 0.05) is 31.7 Å². The summed E-state index contributed by atoms with van der Waals surface area (Å²) in [6, 6.07) is -5.59. The van der Waals surface area contributed by atoms with Gasteiger partial charge in [0.05, 0.1) is 24.9 Å². The number of allylic oxidation sites excluding steroid dienone is 5. The minimum absolute atomic E-state index is 0.110. The molecule has 0 aromatic heterocycles. The molecular weight excluding hydrogens is 1100 g/mol. The number of aliphatic hydroxyl groups excluding tert-OH is 7. The largest absolute Gasteiger partial charge is 0.508 e. The number of benzene rings is 1. The average molecular weight is 1190 g/mol. The van der Waals surface area contributed by atoms with Crippen LogP contribution in [0.5, 0.6) is 5.75 Å². The Hall–Kier alpha value is -5.95. The second-order valence-corrected chi connectivity index (χ2v) is 26.3. The molecule has 7 aliphatic rings. The van der Waals surface area contributed by atoms with Crippen molar-refractivity contribution < 1.29 is 79.2 Å². The number of hydrogen-bond acceptors (Lipinski definition) is 16. The van der Waals surface area contributed by atoms with Gasteiger partial charge < -0.3 is 82.0 Å². The van der Waals surface area contributed by atoms with Crippen LogP contribution in [0, 0.1) is 52.3 Å². The van der Waals surface area contributed by atoms with Crippen molar-refractivity contribution >= 4 is 41.5 Å². The van der Waals surface area contributed by atoms with Crippen molar-refractivity contribution in [2.75, 3.05) is 13.2 Å². The first-order valence-corrected chi connectivity index (χ1v) is 30.5. The number of ether oxygens (including phenoxy) is 1. The molecule has 7 amide bonds. The molecule has 0 bridgehead atoms. The molecule has 21 atom stereocenters. The molecule has 3 saturated heterocycles. The number of hydrogen-bond donors (Lipinski definition) is 13. The van der Waals surface area contributed by atoms with E-state index in [0.717, 1.165) is 36.7 Å². The van der Waals surface area contributed by atoms with Gasteiger partial charge in [-0.25, -0.2) is 4.79 Å². The number of aromatic hydroxyl groups is 1. The highest BCUT2D eigenvalue weighted by atomic mass is 16.6. The van der Waals surface area contributed by atoms with Gasteiger partial charge in [-0.1, -0.05) is 96.0 Å². The first kappa shape index (κ1) is 65.0. The zero-order chi connectivity index (χ0) is 62.1. The first-order chi connectivity index (χ1) is 40.1. The minimum Gasteiger partial charge on any atom is -0.508 e. The monoisotopic (exact) mass is 1190 g/mol. The Morgan fingerprint density at radius 2 is 1.48 bits per heavy atom. The van der Waals surface area contributed by atoms with Gasteiger partial charge in [0.25, 0.3) is 5.91 Å². The van der Waals surface area contributed by atoms with Crippen LogP contribution in [-0.4, -0.2) is 185 Å². The highest BCUT2D eigenvalue weighted by Gasteiger charge is 2.57. The minimum atomic E-state index is -2.26. The van der Waals surface area contributed by atoms with Crippen molar-refractivity contribution in [2.24, 2.45) is 52.3 Å². The molecule has 3 aliphatic heterocycles. The summed E-state index contributed by atoms with van der Waals surface area (Å²) in [5, 5.41) is 100. The standard InChI is InChI=1S/C62H91N7O16/c1-30(2)31(3)9-10-32(4)40-17-18-41-39-16-13-36-26-38(21-23-61(36,7)42(39)22-24-62(40,41)8)85-60(84)64-43-27-47(74)55(79)67-57(81)51-52(76)33(5)28-68(51)58(82)44(29-70)63-56(80)50(46(73)25-35-11-14-37(72)15-12-35)66-54(78)45-19-20-48(75)69(45)59(83)49(34(6)71)65-53(43)77/h9-16,30-34,38,40-52,55,70-76,79H,17-29H2,1-8H3,(H,63,80)(H,64,84)(H,65,77)(H,66,78)(H,67,81)/b10-9+/t31?,32?,33?,34?,38?,40?,41?,42?,43?,44?,45?,46?,47-,48?,49?,50?,51?,52?,55-,61-,62+/m0/s1. The van der Waals surface area contributed by atoms with E-state index in [4.69, 9.17) is 4.74 Å². The molecular formula is C62H91N7O16. The van der Waals surface area contributed by atoms with Gasteiger partial charge in [-0.05, 0) is 122 Å². The number of phenolic OH excluding ortho intramolecular Hbond substituents is 1. The van der Waals surface area contributed by atoms with Crippen LogP contribution in [0.15, 0.2) is 59.7 Å². The summed E-state index contributed by atoms with van der Waals surface area (Å²) in [5.41, 5.74) is 3.00. The third kappa shape index (κ3) is 13.6. The van der Waals surface area contributed by atoms with Crippen LogP contribution in [0.25, 0.3) is 0 Å². The Bertz CT molecular complexity index is 2740. The van der Waals surface area contributed by atoms with Gasteiger partial charge >= 0.3 is 6.09 Å². The van der Waals surface area contributed by atoms with Gasteiger partial charge in [0.15, 0.2) is 6.23 Å². The number of phenols is 1. The number of carbonyl (C=O) groups is 7. The van der Waals surface area contributed by atoms with Crippen molar-refractivity contribution in [3.63, 3.8) is 0 Å². The normalized spacial score (nSPS) is 37.5. The van der Waals surface area contributed by atoms with Crippen LogP contribution in [0.4, 0.5) is 4.79 Å². The van der Waals surface area contributed by atoms with Crippen LogP contribution in [0.1, 0.15) is 125 Å². The fraction of sp³-hybridized carbons (Fsp3) is 0.694. The van der Waals surface area contributed by atoms with Crippen LogP contribution in [0.2, 0.25) is 0 Å². The van der Waals surface area contributed by atoms with Crippen molar-refractivity contribution in [3.8, 4) is 5.75 Å². The molecule has 23 heteroatoms. The van der Waals surface area contributed by atoms with E-state index in [1.165, 1.54) is 43.2 Å². The molecule has 13 N–H and O–H groups in total. The van der Waals surface area contributed by atoms with E-state index in [1.807, 2.05) is 0 Å². The van der Waals surface area contributed by atoms with E-state index in [0.29, 0.717) is 65.2 Å². The first-order valence-electron chi connectivity index (χ1n) is 30.5. The third-order valence-electron chi connectivity index (χ3n) is 20.4. The Labute approximate surface area is 497 Å². The predicted octanol–water partition coefficient (Wildman–Crippen LogP) is 1.29. The summed E-state index contributed by atoms with van der Waals surface area (Å²) in [6.07, 6.45) is 0.671. The summed E-state index contributed by atoms with van der Waals surface area (Å²) in [4.78, 5) is 102. The van der Waals surface area contributed by atoms with Crippen molar-refractivity contribution in [2.45, 2.75) is 205 Å². The van der Waals surface area contributed by atoms with Crippen LogP contribution in [0.3, 0.4) is 0 Å². The van der Waals surface area contributed by atoms with Gasteiger partial charge in [-0.2, -0.15) is 0 Å². The van der Waals surface area contributed by atoms with Gasteiger partial charge in [-0.15, -0.1) is 0 Å². The number of nitrogens with one attached hydrogen (secondary N) is 5. The molecule has 470 valence electrons. The number of alkyl carbamates (subject to hydrolysis) is 1. The van der Waals surface area contributed by atoms with E-state index in [1.54, 1.807) is 0 Å². The number of rotatable bonds is 11. The number of fused-ring (bicyclic) bond motifs is 7. The van der Waals surface area contributed by atoms with E-state index in [9.17, 15) is 74.4 Å². The quantitative estimate of drug-likeness (QED) is 0.139. The molecule has 3 saturated carbocycles. The Morgan fingerprint density at radius 3 is 2.15 bits per heavy atom. The second-order valence-electron chi connectivity index (χ2n) is 26.3. The molecule has 17 unspecified atom stereocenters. The maximum absolute atomic E-state index is 14.6. The number of nitrogens with zero attached hydrogens (tertiary/aromatic N) is 2. The van der Waals surface area contributed by atoms with E-state index in [2.05, 4.69) is 92.4 Å². The molecule has 0 spiro atoms. The Morgan fingerprint density at radius 1 is 0.788 bits per heavy atom. The maximum atomic E-state index is 14.6. The molecule has 1 aromatic rings. The number of amides is 7. The van der Waals surface area contributed by atoms with E-state index < -0.39 is 140 Å². The van der Waals surface area contributed by atoms with E-state index >= 15 is 0 Å². The fourth-order valence-corrected chi connectivity index (χ4v) is 14.9. The smallest absolute Gasteiger partial charge is 0.408 e. The Kier molecular flexibility index (Phi) is 20.3. The van der Waals surface area contributed by atoms with Crippen molar-refractivity contribution in [1.82, 2.24) is 36.4 Å². The fourth-order valence-electron chi connectivity index (χ4n) is 14.9. The van der Waals surface area contributed by atoms with E-state index in [-0.39, 0.29) is 42.4 Å². The topological polar surface area (TPSA) is 357 Å². The molecule has 8 rings (SSSR count). The number of aliphatic hydroxyl groups is 7. The van der Waals surface area contributed by atoms with Crippen LogP contribution >= 0.6 is 0 Å². The summed E-state index contributed by atoms with van der Waals surface area (Å²) in [5.74, 6) is -5.09. The third-order valence-corrected chi connectivity index (χ3v) is 20.4. The molecule has 4 aliphatic carbocycles. The van der Waals surface area contributed by atoms with Crippen LogP contribution in [-0.2, 0) is 39.9 Å². The SMILES string of the molecule is CC(C)C(C)/C=C/C(C)C1CCC2C3=CC=C4CC(OC(=O)NC5C[C@H](O)[C@H](O)NC(=O)C6C(O)C(C)CN6C(=O)C(CO)NC(=O)C(C(O)Cc6ccc(O)cc6)NC(=O)C6CCC(O)N6C(=O)C(C(C)O)NC5=O)CC[C@]4(C)C3CC[C@@]21C. The summed E-state index contributed by atoms with van der Waals surface area (Å²) in [6.45, 7) is 15.1. The highest BCUT2D eigenvalue weighted by molar-refractivity contribution is 5.98. The van der Waals surface area contributed by atoms with Crippen LogP contribution < -0.4 is 26.6 Å². The molecule has 1 aromatic carbocycles. The summed E-state index contributed by atoms with van der Waals surface area (Å²) in [7, 11) is 0. The molecule has 0 radical (unpaired) electrons. The second kappa shape index (κ2) is 26.6. The molecule has 23 nitrogen and oxygen atoms in total. The predicted molar refractivity (Wildman–Crippen MR) is 308 cm³/mol. The summed E-state index contributed by atoms with van der Waals surface area (Å²) < 4.78 is 6.02. The molecule has 85 heavy (non-hydrogen) atoms. The highest BCUT2D eigenvalue weighted by Crippen LogP contribution is 2.66. The zero-order valence-corrected chi connectivity index (χ0v) is 50.1. The molecule has 6 fully saturated rings. The van der Waals surface area contributed by atoms with Gasteiger partial charge in [-0.3, -0.25) is 28.8 Å². The van der Waals surface area contributed by atoms with Crippen molar-refractivity contribution in [3.05, 3.63) is 65.3 Å². The maximum Gasteiger partial charge on any atom is 0.408 e. The summed E-state index contributed by atoms with van der Waals surface area (Å²) >= 11 is 0. The van der Waals surface area contributed by atoms with Gasteiger partial charge in [0.1, 0.15) is 60.4 Å². The lowest BCUT2D eigenvalue weighted by Gasteiger charge is -2.55. The van der Waals surface area contributed by atoms with Gasteiger partial charge in [0.2, 0.25) is 29.5 Å². The lowest BCUT2D eigenvalue weighted by molar-refractivity contribution is -0.152. The van der Waals surface area contributed by atoms with Crippen molar-refractivity contribution in [1.29, 1.82) is 0 Å². The zero-order valence-electron chi connectivity index (χ0n) is 50.1.